The van der Waals surface area contributed by atoms with E-state index in [0.717, 1.165) is 34.0 Å². The summed E-state index contributed by atoms with van der Waals surface area (Å²) in [6.45, 7) is 6.30. The van der Waals surface area contributed by atoms with Crippen LogP contribution in [0.15, 0.2) is 77.9 Å². The van der Waals surface area contributed by atoms with Gasteiger partial charge >= 0.3 is 0 Å². The van der Waals surface area contributed by atoms with Crippen molar-refractivity contribution in [3.05, 3.63) is 89.7 Å². The predicted octanol–water partition coefficient (Wildman–Crippen LogP) is 5.19. The van der Waals surface area contributed by atoms with Crippen molar-refractivity contribution < 1.29 is 4.43 Å². The fraction of sp³-hybridized carbons (Fsp3) is 0.143. The summed E-state index contributed by atoms with van der Waals surface area (Å²) >= 11 is 0. The van der Waals surface area contributed by atoms with Crippen LogP contribution in [-0.4, -0.2) is 19.7 Å². The molecule has 3 nitrogen and oxygen atoms in total. The molecule has 0 saturated heterocycles. The summed E-state index contributed by atoms with van der Waals surface area (Å²) in [4.78, 5) is 9.48. The Labute approximate surface area is 150 Å². The van der Waals surface area contributed by atoms with E-state index in [1.165, 1.54) is 0 Å². The Kier molecular flexibility index (Phi) is 5.41. The maximum absolute atomic E-state index is 6.02. The molecule has 0 aliphatic heterocycles. The number of aryl methyl sites for hydroxylation is 1. The summed E-state index contributed by atoms with van der Waals surface area (Å²) in [5.74, 6) is 0.822. The zero-order valence-electron chi connectivity index (χ0n) is 14.7. The molecule has 0 amide bonds. The van der Waals surface area contributed by atoms with Gasteiger partial charge in [-0.25, -0.2) is 4.99 Å². The van der Waals surface area contributed by atoms with E-state index in [1.54, 1.807) is 0 Å². The molecule has 1 aromatic heterocycles. The van der Waals surface area contributed by atoms with Crippen LogP contribution in [0, 0.1) is 6.92 Å². The second-order valence-electron chi connectivity index (χ2n) is 6.02. The minimum absolute atomic E-state index is 0.822. The topological polar surface area (TPSA) is 34.5 Å². The van der Waals surface area contributed by atoms with E-state index in [-0.39, 0.29) is 0 Å². The third-order valence-electron chi connectivity index (χ3n) is 3.62. The molecule has 0 aliphatic carbocycles. The number of rotatable bonds is 5. The fourth-order valence-electron chi connectivity index (χ4n) is 2.51. The minimum Gasteiger partial charge on any atom is -0.541 e. The standard InChI is InChI=1S/C21H21N2OSi/c1-16-13-14-22-19(15-16)21(17-9-5-4-6-10-17)23-18-11-7-8-12-20(18)24-25(2)3/h4-15H,1-3H3. The Morgan fingerprint density at radius 3 is 2.40 bits per heavy atom. The van der Waals surface area contributed by atoms with Gasteiger partial charge in [-0.15, -0.1) is 0 Å². The Morgan fingerprint density at radius 1 is 0.960 bits per heavy atom. The van der Waals surface area contributed by atoms with Gasteiger partial charge in [0.1, 0.15) is 11.4 Å². The van der Waals surface area contributed by atoms with Crippen molar-refractivity contribution in [1.82, 2.24) is 4.98 Å². The van der Waals surface area contributed by atoms with Gasteiger partial charge in [-0.2, -0.15) is 0 Å². The highest BCUT2D eigenvalue weighted by molar-refractivity contribution is 6.49. The van der Waals surface area contributed by atoms with Crippen LogP contribution in [0.3, 0.4) is 0 Å². The van der Waals surface area contributed by atoms with Crippen LogP contribution in [0.25, 0.3) is 0 Å². The lowest BCUT2D eigenvalue weighted by atomic mass is 10.1. The molecule has 1 radical (unpaired) electrons. The van der Waals surface area contributed by atoms with E-state index in [9.17, 15) is 0 Å². The quantitative estimate of drug-likeness (QED) is 0.471. The van der Waals surface area contributed by atoms with Gasteiger partial charge < -0.3 is 4.43 Å². The molecule has 0 bridgehead atoms. The van der Waals surface area contributed by atoms with Crippen molar-refractivity contribution in [3.63, 3.8) is 0 Å². The Bertz CT molecular complexity index is 876. The molecule has 0 unspecified atom stereocenters. The summed E-state index contributed by atoms with van der Waals surface area (Å²) in [5.41, 5.74) is 4.73. The van der Waals surface area contributed by atoms with Crippen LogP contribution >= 0.6 is 0 Å². The second-order valence-corrected chi connectivity index (χ2v) is 8.04. The molecule has 3 rings (SSSR count). The van der Waals surface area contributed by atoms with Gasteiger partial charge in [0.25, 0.3) is 9.04 Å². The number of pyridine rings is 1. The van der Waals surface area contributed by atoms with E-state index in [4.69, 9.17) is 9.42 Å². The lowest BCUT2D eigenvalue weighted by Crippen LogP contribution is -2.11. The molecule has 4 heteroatoms. The summed E-state index contributed by atoms with van der Waals surface area (Å²) in [6, 6.07) is 22.1. The third kappa shape index (κ3) is 4.42. The molecule has 2 aromatic carbocycles. The van der Waals surface area contributed by atoms with Crippen LogP contribution < -0.4 is 4.43 Å². The third-order valence-corrected chi connectivity index (χ3v) is 4.25. The monoisotopic (exact) mass is 345 g/mol. The van der Waals surface area contributed by atoms with Gasteiger partial charge in [-0.3, -0.25) is 4.98 Å². The largest absolute Gasteiger partial charge is 0.541 e. The lowest BCUT2D eigenvalue weighted by molar-refractivity contribution is 0.582. The van der Waals surface area contributed by atoms with Crippen molar-refractivity contribution in [2.24, 2.45) is 4.99 Å². The zero-order chi connectivity index (χ0) is 17.6. The van der Waals surface area contributed by atoms with Gasteiger partial charge in [0.05, 0.1) is 11.4 Å². The highest BCUT2D eigenvalue weighted by Gasteiger charge is 2.12. The maximum atomic E-state index is 6.02. The number of aliphatic imine (C=N–C) groups is 1. The molecule has 1 heterocycles. The summed E-state index contributed by atoms with van der Waals surface area (Å²) in [5, 5.41) is 0. The molecule has 0 N–H and O–H groups in total. The van der Waals surface area contributed by atoms with E-state index < -0.39 is 9.04 Å². The van der Waals surface area contributed by atoms with Crippen LogP contribution in [0.4, 0.5) is 5.69 Å². The highest BCUT2D eigenvalue weighted by Crippen LogP contribution is 2.29. The van der Waals surface area contributed by atoms with Gasteiger partial charge in [0.2, 0.25) is 0 Å². The van der Waals surface area contributed by atoms with Crippen molar-refractivity contribution in [1.29, 1.82) is 0 Å². The number of para-hydroxylation sites is 2. The normalized spacial score (nSPS) is 11.6. The van der Waals surface area contributed by atoms with Crippen molar-refractivity contribution in [3.8, 4) is 5.75 Å². The van der Waals surface area contributed by atoms with E-state index in [2.05, 4.69) is 43.2 Å². The Balaban J connectivity index is 2.14. The summed E-state index contributed by atoms with van der Waals surface area (Å²) < 4.78 is 6.02. The van der Waals surface area contributed by atoms with Crippen LogP contribution in [0.5, 0.6) is 5.75 Å². The predicted molar refractivity (Wildman–Crippen MR) is 105 cm³/mol. The molecule has 0 aliphatic rings. The molecule has 0 atom stereocenters. The van der Waals surface area contributed by atoms with Gasteiger partial charge in [-0.1, -0.05) is 42.5 Å². The molecular formula is C21H21N2OSi. The smallest absolute Gasteiger partial charge is 0.274 e. The summed E-state index contributed by atoms with van der Waals surface area (Å²) in [6.07, 6.45) is 1.82. The minimum atomic E-state index is -0.864. The van der Waals surface area contributed by atoms with Crippen molar-refractivity contribution >= 4 is 20.4 Å². The lowest BCUT2D eigenvalue weighted by Gasteiger charge is -2.13. The number of aromatic nitrogens is 1. The zero-order valence-corrected chi connectivity index (χ0v) is 15.7. The van der Waals surface area contributed by atoms with Crippen LogP contribution in [-0.2, 0) is 0 Å². The molecule has 125 valence electrons. The fourth-order valence-corrected chi connectivity index (χ4v) is 3.12. The molecule has 0 spiro atoms. The molecule has 0 saturated carbocycles. The van der Waals surface area contributed by atoms with Crippen molar-refractivity contribution in [2.75, 3.05) is 0 Å². The molecule has 25 heavy (non-hydrogen) atoms. The Morgan fingerprint density at radius 2 is 1.68 bits per heavy atom. The molecule has 0 fully saturated rings. The van der Waals surface area contributed by atoms with Gasteiger partial charge in [-0.05, 0) is 49.8 Å². The first-order chi connectivity index (χ1) is 12.1. The average Bonchev–Trinajstić information content (AvgIpc) is 2.61. The average molecular weight is 345 g/mol. The SMILES string of the molecule is Cc1ccnc(C(=Nc2ccccc2O[Si](C)C)c2ccccc2)c1. The van der Waals surface area contributed by atoms with Crippen molar-refractivity contribution in [2.45, 2.75) is 20.0 Å². The Hall–Kier alpha value is -2.72. The number of hydrogen-bond donors (Lipinski definition) is 0. The number of nitrogens with zero attached hydrogens (tertiary/aromatic N) is 2. The maximum Gasteiger partial charge on any atom is 0.274 e. The first kappa shape index (κ1) is 17.1. The van der Waals surface area contributed by atoms with E-state index in [1.807, 2.05) is 54.7 Å². The second kappa shape index (κ2) is 7.90. The van der Waals surface area contributed by atoms with Gasteiger partial charge in [0, 0.05) is 11.8 Å². The number of hydrogen-bond acceptors (Lipinski definition) is 3. The molecule has 3 aromatic rings. The highest BCUT2D eigenvalue weighted by atomic mass is 28.3. The van der Waals surface area contributed by atoms with Gasteiger partial charge in [0.15, 0.2) is 0 Å². The summed E-state index contributed by atoms with van der Waals surface area (Å²) in [7, 11) is -0.864. The first-order valence-electron chi connectivity index (χ1n) is 8.27. The van der Waals surface area contributed by atoms with E-state index in [0.29, 0.717) is 0 Å². The van der Waals surface area contributed by atoms with E-state index >= 15 is 0 Å². The van der Waals surface area contributed by atoms with Crippen LogP contribution in [0.1, 0.15) is 16.8 Å². The number of benzene rings is 2. The van der Waals surface area contributed by atoms with Crippen LogP contribution in [0.2, 0.25) is 13.1 Å². The molecular weight excluding hydrogens is 324 g/mol. The first-order valence-corrected chi connectivity index (χ1v) is 10.7.